The molecule has 118 valence electrons. The third-order valence-electron chi connectivity index (χ3n) is 4.15. The predicted molar refractivity (Wildman–Crippen MR) is 89.2 cm³/mol. The molecule has 1 saturated carbocycles. The number of carbonyl (C=O) groups excluding carboxylic acids is 1. The number of rotatable bonds is 7. The Bertz CT molecular complexity index is 431. The predicted octanol–water partition coefficient (Wildman–Crippen LogP) is 0.941. The fourth-order valence-electron chi connectivity index (χ4n) is 2.66. The third kappa shape index (κ3) is 4.31. The van der Waals surface area contributed by atoms with Crippen LogP contribution in [0.2, 0.25) is 0 Å². The molecule has 0 aromatic carbocycles. The molecule has 2 aliphatic rings. The molecule has 0 saturated heterocycles. The van der Waals surface area contributed by atoms with E-state index in [-0.39, 0.29) is 11.9 Å². The summed E-state index contributed by atoms with van der Waals surface area (Å²) in [6, 6.07) is 0.235. The maximum Gasteiger partial charge on any atom is 0.241 e. The molecule has 1 amide bonds. The van der Waals surface area contributed by atoms with Crippen LogP contribution in [-0.2, 0) is 4.79 Å². The molecule has 0 aromatic heterocycles. The summed E-state index contributed by atoms with van der Waals surface area (Å²) in [5, 5.41) is 9.41. The first-order chi connectivity index (χ1) is 10.2. The van der Waals surface area contributed by atoms with Gasteiger partial charge in [0.05, 0.1) is 10.6 Å². The van der Waals surface area contributed by atoms with Crippen LogP contribution in [0, 0.1) is 0 Å². The zero-order valence-corrected chi connectivity index (χ0v) is 14.4. The minimum absolute atomic E-state index is 0.162. The van der Waals surface area contributed by atoms with Gasteiger partial charge in [-0.05, 0) is 60.9 Å². The van der Waals surface area contributed by atoms with Gasteiger partial charge in [0.25, 0.3) is 0 Å². The molecule has 0 radical (unpaired) electrons. The monoisotopic (exact) mass is 356 g/mol. The number of likely N-dealkylation sites (N-methyl/N-ethyl adjacent to an activating group) is 2. The highest BCUT2D eigenvalue weighted by molar-refractivity contribution is 9.11. The van der Waals surface area contributed by atoms with Gasteiger partial charge in [0.2, 0.25) is 5.91 Å². The van der Waals surface area contributed by atoms with Crippen LogP contribution in [0.3, 0.4) is 0 Å². The summed E-state index contributed by atoms with van der Waals surface area (Å²) in [5.74, 6) is 0.195. The normalized spacial score (nSPS) is 20.0. The Balaban J connectivity index is 2.07. The molecule has 0 spiro atoms. The van der Waals surface area contributed by atoms with Crippen LogP contribution in [0.4, 0.5) is 0 Å². The Morgan fingerprint density at radius 1 is 1.52 bits per heavy atom. The van der Waals surface area contributed by atoms with Crippen molar-refractivity contribution in [1.82, 2.24) is 20.9 Å². The molecule has 3 N–H and O–H groups in total. The molecule has 1 aliphatic heterocycles. The van der Waals surface area contributed by atoms with Crippen LogP contribution in [-0.4, -0.2) is 56.6 Å². The summed E-state index contributed by atoms with van der Waals surface area (Å²) >= 11 is 3.47. The molecular weight excluding hydrogens is 332 g/mol. The van der Waals surface area contributed by atoms with Crippen molar-refractivity contribution in [2.45, 2.75) is 31.3 Å². The molecule has 21 heavy (non-hydrogen) atoms. The van der Waals surface area contributed by atoms with Gasteiger partial charge in [-0.1, -0.05) is 6.08 Å². The molecule has 1 fully saturated rings. The number of amides is 1. The average Bonchev–Trinajstić information content (AvgIpc) is 2.41. The lowest BCUT2D eigenvalue weighted by Crippen LogP contribution is -2.55. The lowest BCUT2D eigenvalue weighted by atomic mass is 9.90. The van der Waals surface area contributed by atoms with E-state index in [4.69, 9.17) is 0 Å². The van der Waals surface area contributed by atoms with E-state index in [1.165, 1.54) is 12.0 Å². The van der Waals surface area contributed by atoms with Crippen LogP contribution in [0.25, 0.3) is 0 Å². The molecule has 2 rings (SSSR count). The van der Waals surface area contributed by atoms with E-state index >= 15 is 0 Å². The first-order valence-corrected chi connectivity index (χ1v) is 8.37. The molecular formula is C15H25BrN4O. The number of nitrogens with one attached hydrogen (secondary N) is 3. The van der Waals surface area contributed by atoms with Crippen molar-refractivity contribution in [3.05, 3.63) is 22.3 Å². The molecule has 0 aromatic rings. The Kier molecular flexibility index (Phi) is 6.26. The number of hydrogen-bond acceptors (Lipinski definition) is 4. The van der Waals surface area contributed by atoms with Crippen molar-refractivity contribution in [2.75, 3.05) is 33.7 Å². The standard InChI is InChI=1S/C15H25BrN4O/c1-17-9-13(18-2)15(21)20(12-4-3-5-12)10-11-6-7-19-14(16)8-11/h6,8,12-13,17-19H,3-5,7,9-10H2,1-2H3. The fourth-order valence-corrected chi connectivity index (χ4v) is 3.12. The summed E-state index contributed by atoms with van der Waals surface area (Å²) in [6.07, 6.45) is 7.69. The van der Waals surface area contributed by atoms with Crippen LogP contribution in [0.5, 0.6) is 0 Å². The number of carbonyl (C=O) groups is 1. The second-order valence-corrected chi connectivity index (χ2v) is 6.46. The highest BCUT2D eigenvalue weighted by Gasteiger charge is 2.32. The Hall–Kier alpha value is -0.850. The summed E-state index contributed by atoms with van der Waals surface area (Å²) in [6.45, 7) is 2.16. The van der Waals surface area contributed by atoms with Gasteiger partial charge in [-0.25, -0.2) is 0 Å². The van der Waals surface area contributed by atoms with Gasteiger partial charge in [0, 0.05) is 25.7 Å². The molecule has 6 heteroatoms. The molecule has 5 nitrogen and oxygen atoms in total. The van der Waals surface area contributed by atoms with Crippen LogP contribution >= 0.6 is 15.9 Å². The smallest absolute Gasteiger partial charge is 0.241 e. The summed E-state index contributed by atoms with van der Waals surface area (Å²) < 4.78 is 0.987. The van der Waals surface area contributed by atoms with Crippen molar-refractivity contribution >= 4 is 21.8 Å². The number of nitrogens with zero attached hydrogens (tertiary/aromatic N) is 1. The van der Waals surface area contributed by atoms with E-state index in [0.29, 0.717) is 19.1 Å². The van der Waals surface area contributed by atoms with Crippen LogP contribution in [0.1, 0.15) is 19.3 Å². The van der Waals surface area contributed by atoms with E-state index in [0.717, 1.165) is 24.0 Å². The number of dihydropyridines is 1. The van der Waals surface area contributed by atoms with Gasteiger partial charge >= 0.3 is 0 Å². The maximum absolute atomic E-state index is 12.8. The third-order valence-corrected chi connectivity index (χ3v) is 4.66. The quantitative estimate of drug-likeness (QED) is 0.594. The van der Waals surface area contributed by atoms with Gasteiger partial charge in [-0.3, -0.25) is 4.79 Å². The first kappa shape index (κ1) is 16.5. The lowest BCUT2D eigenvalue weighted by molar-refractivity contribution is -0.136. The van der Waals surface area contributed by atoms with Crippen LogP contribution in [0.15, 0.2) is 22.3 Å². The number of hydrogen-bond donors (Lipinski definition) is 3. The minimum atomic E-state index is -0.162. The first-order valence-electron chi connectivity index (χ1n) is 7.58. The van der Waals surface area contributed by atoms with E-state index in [9.17, 15) is 4.79 Å². The molecule has 1 atom stereocenters. The summed E-state index contributed by atoms with van der Waals surface area (Å²) in [5.41, 5.74) is 1.19. The zero-order valence-electron chi connectivity index (χ0n) is 12.8. The van der Waals surface area contributed by atoms with Crippen LogP contribution < -0.4 is 16.0 Å². The SMILES string of the molecule is CNCC(NC)C(=O)N(CC1=CCNC(Br)=C1)C1CCC1. The lowest BCUT2D eigenvalue weighted by Gasteiger charge is -2.40. The second-order valence-electron chi connectivity index (χ2n) is 5.60. The van der Waals surface area contributed by atoms with Gasteiger partial charge < -0.3 is 20.9 Å². The highest BCUT2D eigenvalue weighted by atomic mass is 79.9. The topological polar surface area (TPSA) is 56.4 Å². The summed E-state index contributed by atoms with van der Waals surface area (Å²) in [7, 11) is 3.72. The van der Waals surface area contributed by atoms with Gasteiger partial charge in [0.15, 0.2) is 0 Å². The molecule has 0 bridgehead atoms. The Morgan fingerprint density at radius 3 is 2.81 bits per heavy atom. The fraction of sp³-hybridized carbons (Fsp3) is 0.667. The largest absolute Gasteiger partial charge is 0.376 e. The molecule has 1 unspecified atom stereocenters. The van der Waals surface area contributed by atoms with E-state index in [2.05, 4.69) is 48.9 Å². The Morgan fingerprint density at radius 2 is 2.29 bits per heavy atom. The highest BCUT2D eigenvalue weighted by Crippen LogP contribution is 2.27. The molecule has 1 aliphatic carbocycles. The van der Waals surface area contributed by atoms with Crippen molar-refractivity contribution in [3.63, 3.8) is 0 Å². The van der Waals surface area contributed by atoms with Crippen molar-refractivity contribution < 1.29 is 4.79 Å². The summed E-state index contributed by atoms with van der Waals surface area (Å²) in [4.78, 5) is 14.9. The van der Waals surface area contributed by atoms with Crippen molar-refractivity contribution in [2.24, 2.45) is 0 Å². The van der Waals surface area contributed by atoms with Gasteiger partial charge in [0.1, 0.15) is 0 Å². The minimum Gasteiger partial charge on any atom is -0.376 e. The van der Waals surface area contributed by atoms with Gasteiger partial charge in [-0.15, -0.1) is 0 Å². The molecule has 1 heterocycles. The van der Waals surface area contributed by atoms with E-state index < -0.39 is 0 Å². The van der Waals surface area contributed by atoms with E-state index in [1.807, 2.05) is 14.1 Å². The average molecular weight is 357 g/mol. The van der Waals surface area contributed by atoms with Crippen molar-refractivity contribution in [1.29, 1.82) is 0 Å². The van der Waals surface area contributed by atoms with Gasteiger partial charge in [-0.2, -0.15) is 0 Å². The zero-order chi connectivity index (χ0) is 15.2. The maximum atomic E-state index is 12.8. The van der Waals surface area contributed by atoms with Crippen molar-refractivity contribution in [3.8, 4) is 0 Å². The Labute approximate surface area is 135 Å². The number of halogens is 1. The second kappa shape index (κ2) is 7.96. The van der Waals surface area contributed by atoms with E-state index in [1.54, 1.807) is 0 Å².